The summed E-state index contributed by atoms with van der Waals surface area (Å²) >= 11 is 0. The number of amides is 2. The third-order valence-electron chi connectivity index (χ3n) is 6.93. The van der Waals surface area contributed by atoms with E-state index in [2.05, 4.69) is 5.32 Å². The third-order valence-corrected chi connectivity index (χ3v) is 6.93. The number of halogens is 1. The number of hydrogen-bond donors (Lipinski definition) is 4. The van der Waals surface area contributed by atoms with Gasteiger partial charge in [0, 0.05) is 25.7 Å². The van der Waals surface area contributed by atoms with Crippen molar-refractivity contribution >= 4 is 17.7 Å². The topological polar surface area (TPSA) is 140 Å². The minimum atomic E-state index is -0.958. The van der Waals surface area contributed by atoms with E-state index in [9.17, 15) is 24.2 Å². The first-order valence-electron chi connectivity index (χ1n) is 12.7. The molecule has 6 atom stereocenters. The Labute approximate surface area is 223 Å². The second-order valence-corrected chi connectivity index (χ2v) is 10.1. The highest BCUT2D eigenvalue weighted by Gasteiger charge is 2.30. The number of phenolic OH excluding ortho intramolecular Hbond substituents is 1. The number of fused-ring (bicyclic) bond motifs is 2. The highest BCUT2D eigenvalue weighted by atomic mass is 19.1. The van der Waals surface area contributed by atoms with Crippen LogP contribution >= 0.6 is 0 Å². The summed E-state index contributed by atoms with van der Waals surface area (Å²) in [6, 6.07) is 2.79. The van der Waals surface area contributed by atoms with Gasteiger partial charge in [0.25, 0.3) is 5.91 Å². The molecular formula is C28H41FN2O7. The first kappa shape index (κ1) is 31.3. The van der Waals surface area contributed by atoms with Crippen LogP contribution in [0.1, 0.15) is 52.5 Å². The van der Waals surface area contributed by atoms with E-state index in [0.717, 1.165) is 0 Å². The van der Waals surface area contributed by atoms with Crippen molar-refractivity contribution in [2.24, 2.45) is 17.6 Å². The number of benzene rings is 1. The quantitative estimate of drug-likeness (QED) is 0.335. The number of carbonyl (C=O) groups is 2. The van der Waals surface area contributed by atoms with Crippen LogP contribution in [-0.2, 0) is 25.4 Å². The second kappa shape index (κ2) is 14.3. The molecule has 0 spiro atoms. The van der Waals surface area contributed by atoms with Crippen LogP contribution in [-0.4, -0.2) is 60.8 Å². The minimum Gasteiger partial charge on any atom is -0.503 e. The van der Waals surface area contributed by atoms with Crippen LogP contribution in [0.4, 0.5) is 14.9 Å². The van der Waals surface area contributed by atoms with E-state index in [4.69, 9.17) is 19.9 Å². The lowest BCUT2D eigenvalue weighted by Gasteiger charge is -2.30. The number of phenols is 1. The maximum Gasteiger partial charge on any atom is 0.405 e. The van der Waals surface area contributed by atoms with Crippen LogP contribution < -0.4 is 11.1 Å². The molecule has 0 aromatic heterocycles. The van der Waals surface area contributed by atoms with Crippen LogP contribution in [0.3, 0.4) is 0 Å². The molecule has 1 heterocycles. The van der Waals surface area contributed by atoms with Gasteiger partial charge in [0.05, 0.1) is 24.0 Å². The number of aliphatic hydroxyl groups excluding tert-OH is 1. The summed E-state index contributed by atoms with van der Waals surface area (Å²) in [5.41, 5.74) is 6.91. The van der Waals surface area contributed by atoms with Crippen LogP contribution in [0.2, 0.25) is 0 Å². The summed E-state index contributed by atoms with van der Waals surface area (Å²) in [6.45, 7) is 7.16. The summed E-state index contributed by atoms with van der Waals surface area (Å²) in [7, 11) is 3.00. The van der Waals surface area contributed by atoms with Gasteiger partial charge in [0.15, 0.2) is 17.7 Å². The lowest BCUT2D eigenvalue weighted by Crippen LogP contribution is -2.37. The molecule has 0 unspecified atom stereocenters. The Kier molecular flexibility index (Phi) is 11.7. The average molecular weight is 537 g/mol. The fraction of sp³-hybridized carbons (Fsp3) is 0.571. The van der Waals surface area contributed by atoms with Crippen molar-refractivity contribution in [3.8, 4) is 5.75 Å². The highest BCUT2D eigenvalue weighted by Crippen LogP contribution is 2.31. The number of carbonyl (C=O) groups excluding carboxylic acids is 2. The number of nitrogens with one attached hydrogen (secondary N) is 1. The van der Waals surface area contributed by atoms with Crippen LogP contribution in [0.25, 0.3) is 0 Å². The molecule has 212 valence electrons. The Morgan fingerprint density at radius 1 is 1.16 bits per heavy atom. The molecule has 2 amide bonds. The first-order valence-corrected chi connectivity index (χ1v) is 12.7. The highest BCUT2D eigenvalue weighted by molar-refractivity contribution is 6.04. The Morgan fingerprint density at radius 2 is 1.82 bits per heavy atom. The number of allylic oxidation sites excluding steroid dienone is 1. The van der Waals surface area contributed by atoms with Gasteiger partial charge in [-0.15, -0.1) is 0 Å². The zero-order valence-corrected chi connectivity index (χ0v) is 23.0. The number of methoxy groups -OCH3 is 2. The molecule has 38 heavy (non-hydrogen) atoms. The Hall–Kier alpha value is -2.95. The normalized spacial score (nSPS) is 30.9. The van der Waals surface area contributed by atoms with E-state index in [1.165, 1.54) is 20.3 Å². The predicted octanol–water partition coefficient (Wildman–Crippen LogP) is 4.22. The molecule has 2 bridgehead atoms. The van der Waals surface area contributed by atoms with Gasteiger partial charge >= 0.3 is 6.09 Å². The molecule has 5 N–H and O–H groups in total. The van der Waals surface area contributed by atoms with Crippen molar-refractivity contribution in [2.45, 2.75) is 77.8 Å². The molecule has 0 saturated carbocycles. The summed E-state index contributed by atoms with van der Waals surface area (Å²) in [6.07, 6.45) is 1.40. The monoisotopic (exact) mass is 536 g/mol. The molecule has 1 aromatic carbocycles. The predicted molar refractivity (Wildman–Crippen MR) is 142 cm³/mol. The minimum absolute atomic E-state index is 0.0238. The standard InChI is InChI=1S/C28H41FN2O7/c1-15-10-19-13-20(29)25(33)21(14-19)31-27(34)16(2)8-7-9-22(36-5)26(38-28(30)35)18(4)12-17(3)24(32)23(11-15)37-6/h8,12-15,17,22-24,26,32-33H,7,9-11H2,1-6H3,(H2,30,35)(H,31,34)/b16-8+,18-12+/t15-,17+,22-,23-,24-,26-/m0/s1. The Bertz CT molecular complexity index is 1040. The van der Waals surface area contributed by atoms with E-state index >= 15 is 0 Å². The number of primary amides is 1. The van der Waals surface area contributed by atoms with Crippen molar-refractivity contribution < 1.29 is 38.4 Å². The van der Waals surface area contributed by atoms with Crippen molar-refractivity contribution in [1.29, 1.82) is 0 Å². The molecule has 0 radical (unpaired) electrons. The fourth-order valence-corrected chi connectivity index (χ4v) is 4.83. The SMILES string of the molecule is CO[C@H]1C[C@@H](C)Cc2cc(F)c(O)c(c2)NC(=O)/C(C)=C/CC[C@H](OC)[C@@H](OC(N)=O)/C(C)=C/[C@@H](C)[C@@H]1O. The number of nitrogens with two attached hydrogens (primary N) is 1. The van der Waals surface area contributed by atoms with Gasteiger partial charge in [0.2, 0.25) is 0 Å². The van der Waals surface area contributed by atoms with Crippen molar-refractivity contribution in [2.75, 3.05) is 19.5 Å². The Balaban J connectivity index is 2.51. The maximum absolute atomic E-state index is 14.5. The van der Waals surface area contributed by atoms with Gasteiger partial charge in [-0.25, -0.2) is 9.18 Å². The number of aliphatic hydroxyl groups is 1. The summed E-state index contributed by atoms with van der Waals surface area (Å²) < 4.78 is 31.1. The number of hydrogen-bond acceptors (Lipinski definition) is 7. The summed E-state index contributed by atoms with van der Waals surface area (Å²) in [4.78, 5) is 24.4. The van der Waals surface area contributed by atoms with E-state index in [-0.39, 0.29) is 17.5 Å². The lowest BCUT2D eigenvalue weighted by atomic mass is 9.88. The van der Waals surface area contributed by atoms with E-state index in [1.807, 2.05) is 19.9 Å². The molecule has 0 fully saturated rings. The maximum atomic E-state index is 14.5. The molecule has 0 aliphatic carbocycles. The molecule has 1 aromatic rings. The van der Waals surface area contributed by atoms with Crippen LogP contribution in [0, 0.1) is 17.7 Å². The van der Waals surface area contributed by atoms with Gasteiger partial charge in [-0.1, -0.05) is 26.0 Å². The van der Waals surface area contributed by atoms with Gasteiger partial charge in [0.1, 0.15) is 0 Å². The zero-order valence-electron chi connectivity index (χ0n) is 23.0. The molecule has 2 rings (SSSR count). The van der Waals surface area contributed by atoms with E-state index in [0.29, 0.717) is 42.4 Å². The summed E-state index contributed by atoms with van der Waals surface area (Å²) in [5.74, 6) is -2.37. The number of ether oxygens (including phenoxy) is 3. The molecule has 1 aliphatic rings. The van der Waals surface area contributed by atoms with Gasteiger partial charge in [-0.3, -0.25) is 4.79 Å². The van der Waals surface area contributed by atoms with E-state index < -0.39 is 48.0 Å². The second-order valence-electron chi connectivity index (χ2n) is 10.1. The first-order chi connectivity index (χ1) is 17.9. The summed E-state index contributed by atoms with van der Waals surface area (Å²) in [5, 5.41) is 23.9. The molecule has 9 nitrogen and oxygen atoms in total. The Morgan fingerprint density at radius 3 is 2.42 bits per heavy atom. The smallest absolute Gasteiger partial charge is 0.405 e. The van der Waals surface area contributed by atoms with Gasteiger partial charge in [-0.05, 0) is 68.7 Å². The van der Waals surface area contributed by atoms with Crippen molar-refractivity contribution in [3.63, 3.8) is 0 Å². The number of rotatable bonds is 3. The molecular weight excluding hydrogens is 495 g/mol. The molecule has 10 heteroatoms. The average Bonchev–Trinajstić information content (AvgIpc) is 2.85. The van der Waals surface area contributed by atoms with Crippen molar-refractivity contribution in [1.82, 2.24) is 0 Å². The molecule has 1 aliphatic heterocycles. The van der Waals surface area contributed by atoms with Gasteiger partial charge in [-0.2, -0.15) is 0 Å². The fourth-order valence-electron chi connectivity index (χ4n) is 4.83. The number of anilines is 1. The van der Waals surface area contributed by atoms with Crippen LogP contribution in [0.15, 0.2) is 35.4 Å². The molecule has 0 saturated heterocycles. The van der Waals surface area contributed by atoms with E-state index in [1.54, 1.807) is 26.0 Å². The lowest BCUT2D eigenvalue weighted by molar-refractivity contribution is -0.112. The van der Waals surface area contributed by atoms with Crippen molar-refractivity contribution in [3.05, 3.63) is 46.8 Å². The van der Waals surface area contributed by atoms with Crippen LogP contribution in [0.5, 0.6) is 5.75 Å². The number of aromatic hydroxyl groups is 1. The zero-order chi connectivity index (χ0) is 28.6. The van der Waals surface area contributed by atoms with Gasteiger partial charge < -0.3 is 35.5 Å². The third kappa shape index (κ3) is 8.54. The largest absolute Gasteiger partial charge is 0.503 e.